The molecule has 0 aliphatic carbocycles. The Hall–Kier alpha value is -1.57. The maximum atomic E-state index is 8.83. The molecule has 0 heterocycles. The molecule has 0 bridgehead atoms. The fraction of sp³-hybridized carbons (Fsp3) is 0.182. The van der Waals surface area contributed by atoms with Crippen LogP contribution in [-0.4, -0.2) is 10.9 Å². The first kappa shape index (κ1) is 9.52. The van der Waals surface area contributed by atoms with E-state index in [2.05, 4.69) is 5.16 Å². The van der Waals surface area contributed by atoms with Gasteiger partial charge in [0.05, 0.1) is 0 Å². The van der Waals surface area contributed by atoms with Crippen LogP contribution < -0.4 is 0 Å². The van der Waals surface area contributed by atoms with Crippen molar-refractivity contribution in [2.24, 2.45) is 5.16 Å². The monoisotopic (exact) mass is 175 g/mol. The second kappa shape index (κ2) is 4.45. The molecule has 0 saturated carbocycles. The van der Waals surface area contributed by atoms with Crippen LogP contribution in [0.3, 0.4) is 0 Å². The topological polar surface area (TPSA) is 32.6 Å². The molecule has 13 heavy (non-hydrogen) atoms. The zero-order valence-corrected chi connectivity index (χ0v) is 7.86. The Labute approximate surface area is 78.2 Å². The summed E-state index contributed by atoms with van der Waals surface area (Å²) in [7, 11) is 0. The molecule has 0 amide bonds. The SMILES string of the molecule is CC=C(C)C(=NO)c1ccccc1. The molecule has 2 nitrogen and oxygen atoms in total. The van der Waals surface area contributed by atoms with Crippen molar-refractivity contribution >= 4 is 5.71 Å². The molecular weight excluding hydrogens is 162 g/mol. The third kappa shape index (κ3) is 2.18. The molecule has 1 rings (SSSR count). The molecule has 1 aromatic rings. The second-order valence-electron chi connectivity index (χ2n) is 2.79. The highest BCUT2D eigenvalue weighted by Gasteiger charge is 2.03. The Kier molecular flexibility index (Phi) is 3.26. The van der Waals surface area contributed by atoms with Gasteiger partial charge in [0.1, 0.15) is 5.71 Å². The van der Waals surface area contributed by atoms with E-state index in [4.69, 9.17) is 5.21 Å². The summed E-state index contributed by atoms with van der Waals surface area (Å²) in [5.74, 6) is 0. The molecule has 1 N–H and O–H groups in total. The number of hydrogen-bond donors (Lipinski definition) is 1. The van der Waals surface area contributed by atoms with Crippen LogP contribution in [0.15, 0.2) is 47.1 Å². The van der Waals surface area contributed by atoms with Gasteiger partial charge in [0.15, 0.2) is 0 Å². The molecule has 0 unspecified atom stereocenters. The van der Waals surface area contributed by atoms with Gasteiger partial charge in [-0.2, -0.15) is 0 Å². The van der Waals surface area contributed by atoms with Crippen LogP contribution in [0.25, 0.3) is 0 Å². The molecule has 0 aliphatic heterocycles. The number of nitrogens with zero attached hydrogens (tertiary/aromatic N) is 1. The summed E-state index contributed by atoms with van der Waals surface area (Å²) in [5, 5.41) is 12.1. The Morgan fingerprint density at radius 1 is 1.31 bits per heavy atom. The average Bonchev–Trinajstić information content (AvgIpc) is 2.20. The predicted molar refractivity (Wildman–Crippen MR) is 54.2 cm³/mol. The molecule has 0 fully saturated rings. The van der Waals surface area contributed by atoms with Gasteiger partial charge in [-0.1, -0.05) is 41.6 Å². The Morgan fingerprint density at radius 3 is 2.38 bits per heavy atom. The molecule has 0 saturated heterocycles. The smallest absolute Gasteiger partial charge is 0.112 e. The van der Waals surface area contributed by atoms with Gasteiger partial charge < -0.3 is 5.21 Å². The highest BCUT2D eigenvalue weighted by atomic mass is 16.4. The molecule has 0 aromatic heterocycles. The summed E-state index contributed by atoms with van der Waals surface area (Å²) < 4.78 is 0. The van der Waals surface area contributed by atoms with E-state index in [0.29, 0.717) is 5.71 Å². The van der Waals surface area contributed by atoms with E-state index >= 15 is 0 Å². The van der Waals surface area contributed by atoms with E-state index in [0.717, 1.165) is 11.1 Å². The van der Waals surface area contributed by atoms with Crippen molar-refractivity contribution in [3.05, 3.63) is 47.5 Å². The third-order valence-electron chi connectivity index (χ3n) is 1.95. The summed E-state index contributed by atoms with van der Waals surface area (Å²) in [5.41, 5.74) is 2.53. The molecule has 2 heteroatoms. The van der Waals surface area contributed by atoms with Crippen molar-refractivity contribution in [1.82, 2.24) is 0 Å². The summed E-state index contributed by atoms with van der Waals surface area (Å²) in [4.78, 5) is 0. The van der Waals surface area contributed by atoms with Crippen LogP contribution in [0.1, 0.15) is 19.4 Å². The van der Waals surface area contributed by atoms with Crippen molar-refractivity contribution in [3.63, 3.8) is 0 Å². The molecule has 68 valence electrons. The van der Waals surface area contributed by atoms with Gasteiger partial charge >= 0.3 is 0 Å². The average molecular weight is 175 g/mol. The molecule has 0 spiro atoms. The Balaban J connectivity index is 3.07. The minimum absolute atomic E-state index is 0.628. The summed E-state index contributed by atoms with van der Waals surface area (Å²) >= 11 is 0. The van der Waals surface area contributed by atoms with Gasteiger partial charge in [0.2, 0.25) is 0 Å². The lowest BCUT2D eigenvalue weighted by molar-refractivity contribution is 0.319. The molecule has 0 atom stereocenters. The van der Waals surface area contributed by atoms with Crippen LogP contribution in [0.2, 0.25) is 0 Å². The molecule has 0 aliphatic rings. The predicted octanol–water partition coefficient (Wildman–Crippen LogP) is 2.83. The lowest BCUT2D eigenvalue weighted by Gasteiger charge is -2.03. The van der Waals surface area contributed by atoms with Crippen LogP contribution >= 0.6 is 0 Å². The van der Waals surface area contributed by atoms with E-state index in [1.807, 2.05) is 50.3 Å². The van der Waals surface area contributed by atoms with Crippen molar-refractivity contribution in [2.75, 3.05) is 0 Å². The Morgan fingerprint density at radius 2 is 1.92 bits per heavy atom. The first-order chi connectivity index (χ1) is 6.29. The van der Waals surface area contributed by atoms with E-state index < -0.39 is 0 Å². The number of oxime groups is 1. The normalized spacial score (nSPS) is 13.1. The molecule has 0 radical (unpaired) electrons. The van der Waals surface area contributed by atoms with Gasteiger partial charge in [-0.25, -0.2) is 0 Å². The second-order valence-corrected chi connectivity index (χ2v) is 2.79. The quantitative estimate of drug-likeness (QED) is 0.418. The van der Waals surface area contributed by atoms with E-state index in [9.17, 15) is 0 Å². The zero-order valence-electron chi connectivity index (χ0n) is 7.86. The summed E-state index contributed by atoms with van der Waals surface area (Å²) in [6.45, 7) is 3.84. The van der Waals surface area contributed by atoms with Gasteiger partial charge in [-0.3, -0.25) is 0 Å². The van der Waals surface area contributed by atoms with E-state index in [1.165, 1.54) is 0 Å². The van der Waals surface area contributed by atoms with Crippen LogP contribution in [-0.2, 0) is 0 Å². The number of hydrogen-bond acceptors (Lipinski definition) is 2. The van der Waals surface area contributed by atoms with Crippen molar-refractivity contribution in [3.8, 4) is 0 Å². The lowest BCUT2D eigenvalue weighted by atomic mass is 10.0. The summed E-state index contributed by atoms with van der Waals surface area (Å²) in [6.07, 6.45) is 1.92. The van der Waals surface area contributed by atoms with Gasteiger partial charge in [-0.05, 0) is 19.4 Å². The Bertz CT molecular complexity index is 325. The number of allylic oxidation sites excluding steroid dienone is 2. The first-order valence-electron chi connectivity index (χ1n) is 4.20. The first-order valence-corrected chi connectivity index (χ1v) is 4.20. The lowest BCUT2D eigenvalue weighted by Crippen LogP contribution is -2.01. The van der Waals surface area contributed by atoms with Gasteiger partial charge in [0, 0.05) is 5.56 Å². The fourth-order valence-electron chi connectivity index (χ4n) is 1.10. The number of rotatable bonds is 2. The molecular formula is C11H13NO. The largest absolute Gasteiger partial charge is 0.410 e. The third-order valence-corrected chi connectivity index (χ3v) is 1.95. The van der Waals surface area contributed by atoms with Crippen LogP contribution in [0.5, 0.6) is 0 Å². The minimum Gasteiger partial charge on any atom is -0.410 e. The zero-order chi connectivity index (χ0) is 9.68. The minimum atomic E-state index is 0.628. The van der Waals surface area contributed by atoms with Crippen molar-refractivity contribution in [2.45, 2.75) is 13.8 Å². The standard InChI is InChI=1S/C11H13NO/c1-3-9(2)11(12-13)10-7-5-4-6-8-10/h3-8,13H,1-2H3. The maximum Gasteiger partial charge on any atom is 0.112 e. The van der Waals surface area contributed by atoms with Crippen LogP contribution in [0.4, 0.5) is 0 Å². The van der Waals surface area contributed by atoms with E-state index in [-0.39, 0.29) is 0 Å². The summed E-state index contributed by atoms with van der Waals surface area (Å²) in [6, 6.07) is 9.61. The molecule has 1 aromatic carbocycles. The van der Waals surface area contributed by atoms with E-state index in [1.54, 1.807) is 0 Å². The van der Waals surface area contributed by atoms with Gasteiger partial charge in [-0.15, -0.1) is 0 Å². The van der Waals surface area contributed by atoms with Crippen LogP contribution in [0, 0.1) is 0 Å². The number of benzene rings is 1. The van der Waals surface area contributed by atoms with Crippen molar-refractivity contribution in [1.29, 1.82) is 0 Å². The maximum absolute atomic E-state index is 8.83. The van der Waals surface area contributed by atoms with Crippen molar-refractivity contribution < 1.29 is 5.21 Å². The highest BCUT2D eigenvalue weighted by molar-refractivity contribution is 6.11. The highest BCUT2D eigenvalue weighted by Crippen LogP contribution is 2.08. The fourth-order valence-corrected chi connectivity index (χ4v) is 1.10. The van der Waals surface area contributed by atoms with Gasteiger partial charge in [0.25, 0.3) is 0 Å².